The zero-order chi connectivity index (χ0) is 19.4. The van der Waals surface area contributed by atoms with Crippen LogP contribution in [0.15, 0.2) is 30.3 Å². The SMILES string of the molecule is CC(=O)Nc1ccc(NC(=O)c2cc(N3CCN(C)CC3)nc(C)n2)cc1. The minimum Gasteiger partial charge on any atom is -0.354 e. The molecule has 0 spiro atoms. The summed E-state index contributed by atoms with van der Waals surface area (Å²) in [4.78, 5) is 36.9. The molecule has 1 aromatic heterocycles. The number of anilines is 3. The number of nitrogens with one attached hydrogen (secondary N) is 2. The minimum absolute atomic E-state index is 0.139. The molecule has 27 heavy (non-hydrogen) atoms. The molecule has 8 nitrogen and oxygen atoms in total. The van der Waals surface area contributed by atoms with Crippen LogP contribution in [0.5, 0.6) is 0 Å². The predicted molar refractivity (Wildman–Crippen MR) is 105 cm³/mol. The summed E-state index contributed by atoms with van der Waals surface area (Å²) in [7, 11) is 2.10. The molecule has 1 saturated heterocycles. The number of nitrogens with zero attached hydrogens (tertiary/aromatic N) is 4. The maximum absolute atomic E-state index is 12.6. The normalized spacial score (nSPS) is 14.7. The Morgan fingerprint density at radius 1 is 0.963 bits per heavy atom. The van der Waals surface area contributed by atoms with Crippen molar-refractivity contribution in [2.24, 2.45) is 0 Å². The van der Waals surface area contributed by atoms with Crippen LogP contribution in [-0.2, 0) is 4.79 Å². The number of carbonyl (C=O) groups is 2. The summed E-state index contributed by atoms with van der Waals surface area (Å²) in [5.74, 6) is 0.919. The topological polar surface area (TPSA) is 90.5 Å². The molecular weight excluding hydrogens is 344 g/mol. The number of hydrogen-bond donors (Lipinski definition) is 2. The molecule has 2 amide bonds. The number of rotatable bonds is 4. The second-order valence-electron chi connectivity index (χ2n) is 6.66. The predicted octanol–water partition coefficient (Wildman–Crippen LogP) is 1.75. The fourth-order valence-electron chi connectivity index (χ4n) is 2.90. The molecule has 3 rings (SSSR count). The summed E-state index contributed by atoms with van der Waals surface area (Å²) >= 11 is 0. The number of aryl methyl sites for hydroxylation is 1. The van der Waals surface area contributed by atoms with Gasteiger partial charge in [-0.25, -0.2) is 9.97 Å². The van der Waals surface area contributed by atoms with Crippen LogP contribution in [0.1, 0.15) is 23.2 Å². The Hall–Kier alpha value is -3.00. The molecule has 0 radical (unpaired) electrons. The third-order valence-corrected chi connectivity index (χ3v) is 4.35. The van der Waals surface area contributed by atoms with Crippen LogP contribution < -0.4 is 15.5 Å². The molecule has 1 fully saturated rings. The van der Waals surface area contributed by atoms with Gasteiger partial charge in [0.05, 0.1) is 0 Å². The van der Waals surface area contributed by atoms with Crippen LogP contribution in [0.25, 0.3) is 0 Å². The van der Waals surface area contributed by atoms with Crippen LogP contribution in [-0.4, -0.2) is 59.9 Å². The summed E-state index contributed by atoms with van der Waals surface area (Å²) in [6.07, 6.45) is 0. The molecule has 1 aliphatic heterocycles. The molecule has 8 heteroatoms. The van der Waals surface area contributed by atoms with Crippen molar-refractivity contribution in [2.75, 3.05) is 48.8 Å². The van der Waals surface area contributed by atoms with Gasteiger partial charge in [-0.3, -0.25) is 9.59 Å². The standard InChI is InChI=1S/C19H24N6O2/c1-13-20-17(12-18(21-13)25-10-8-24(3)9-11-25)19(27)23-16-6-4-15(5-7-16)22-14(2)26/h4-7,12H,8-11H2,1-3H3,(H,22,26)(H,23,27). The summed E-state index contributed by atoms with van der Waals surface area (Å²) in [5, 5.41) is 5.52. The van der Waals surface area contributed by atoms with E-state index in [0.29, 0.717) is 22.9 Å². The van der Waals surface area contributed by atoms with Gasteiger partial charge < -0.3 is 20.4 Å². The Morgan fingerprint density at radius 2 is 1.56 bits per heavy atom. The summed E-state index contributed by atoms with van der Waals surface area (Å²) in [5.41, 5.74) is 1.64. The number of benzene rings is 1. The molecule has 0 atom stereocenters. The lowest BCUT2D eigenvalue weighted by molar-refractivity contribution is -0.114. The average Bonchev–Trinajstić information content (AvgIpc) is 2.63. The van der Waals surface area contributed by atoms with E-state index in [1.165, 1.54) is 6.92 Å². The Morgan fingerprint density at radius 3 is 2.15 bits per heavy atom. The molecule has 0 unspecified atom stereocenters. The highest BCUT2D eigenvalue weighted by atomic mass is 16.2. The van der Waals surface area contributed by atoms with Gasteiger partial charge in [-0.1, -0.05) is 0 Å². The van der Waals surface area contributed by atoms with Gasteiger partial charge in [0.25, 0.3) is 5.91 Å². The van der Waals surface area contributed by atoms with Crippen LogP contribution >= 0.6 is 0 Å². The first-order valence-corrected chi connectivity index (χ1v) is 8.89. The number of aromatic nitrogens is 2. The van der Waals surface area contributed by atoms with E-state index < -0.39 is 0 Å². The van der Waals surface area contributed by atoms with Gasteiger partial charge in [0.1, 0.15) is 17.3 Å². The molecule has 0 saturated carbocycles. The van der Waals surface area contributed by atoms with E-state index in [2.05, 4.69) is 37.4 Å². The number of carbonyl (C=O) groups excluding carboxylic acids is 2. The Balaban J connectivity index is 1.71. The Labute approximate surface area is 158 Å². The van der Waals surface area contributed by atoms with Crippen molar-refractivity contribution < 1.29 is 9.59 Å². The zero-order valence-electron chi connectivity index (χ0n) is 15.8. The molecule has 142 valence electrons. The van der Waals surface area contributed by atoms with Crippen LogP contribution in [0.2, 0.25) is 0 Å². The Bertz CT molecular complexity index is 829. The second-order valence-corrected chi connectivity index (χ2v) is 6.66. The van der Waals surface area contributed by atoms with Crippen molar-refractivity contribution >= 4 is 29.0 Å². The third kappa shape index (κ3) is 5.01. The van der Waals surface area contributed by atoms with Gasteiger partial charge in [0, 0.05) is 50.5 Å². The molecule has 2 N–H and O–H groups in total. The number of hydrogen-bond acceptors (Lipinski definition) is 6. The highest BCUT2D eigenvalue weighted by molar-refractivity contribution is 6.03. The van der Waals surface area contributed by atoms with E-state index >= 15 is 0 Å². The van der Waals surface area contributed by atoms with Gasteiger partial charge in [-0.2, -0.15) is 0 Å². The van der Waals surface area contributed by atoms with Crippen molar-refractivity contribution in [3.05, 3.63) is 41.9 Å². The van der Waals surface area contributed by atoms with Gasteiger partial charge >= 0.3 is 0 Å². The lowest BCUT2D eigenvalue weighted by Crippen LogP contribution is -2.45. The zero-order valence-corrected chi connectivity index (χ0v) is 15.8. The van der Waals surface area contributed by atoms with Crippen molar-refractivity contribution in [1.29, 1.82) is 0 Å². The number of likely N-dealkylation sites (N-methyl/N-ethyl adjacent to an activating group) is 1. The van der Waals surface area contributed by atoms with E-state index in [0.717, 1.165) is 32.0 Å². The van der Waals surface area contributed by atoms with E-state index in [1.807, 2.05) is 0 Å². The van der Waals surface area contributed by atoms with E-state index in [1.54, 1.807) is 37.3 Å². The second kappa shape index (κ2) is 8.13. The highest BCUT2D eigenvalue weighted by Crippen LogP contribution is 2.17. The summed E-state index contributed by atoms with van der Waals surface area (Å²) in [6, 6.07) is 8.67. The monoisotopic (exact) mass is 368 g/mol. The fourth-order valence-corrected chi connectivity index (χ4v) is 2.90. The first kappa shape index (κ1) is 18.8. The maximum atomic E-state index is 12.6. The van der Waals surface area contributed by atoms with Crippen molar-refractivity contribution in [2.45, 2.75) is 13.8 Å². The molecule has 0 aliphatic carbocycles. The molecule has 0 bridgehead atoms. The van der Waals surface area contributed by atoms with Gasteiger partial charge in [-0.05, 0) is 38.2 Å². The molecule has 2 heterocycles. The van der Waals surface area contributed by atoms with E-state index in [4.69, 9.17) is 0 Å². The minimum atomic E-state index is -0.289. The molecule has 2 aromatic rings. The smallest absolute Gasteiger partial charge is 0.274 e. The van der Waals surface area contributed by atoms with Crippen LogP contribution in [0.3, 0.4) is 0 Å². The molecular formula is C19H24N6O2. The number of amides is 2. The molecule has 1 aliphatic rings. The highest BCUT2D eigenvalue weighted by Gasteiger charge is 2.18. The van der Waals surface area contributed by atoms with Gasteiger partial charge in [0.2, 0.25) is 5.91 Å². The average molecular weight is 368 g/mol. The van der Waals surface area contributed by atoms with Crippen molar-refractivity contribution in [3.63, 3.8) is 0 Å². The summed E-state index contributed by atoms with van der Waals surface area (Å²) in [6.45, 7) is 6.91. The number of piperazine rings is 1. The Kier molecular flexibility index (Phi) is 5.66. The first-order chi connectivity index (χ1) is 12.9. The van der Waals surface area contributed by atoms with Gasteiger partial charge in [0.15, 0.2) is 0 Å². The summed E-state index contributed by atoms with van der Waals surface area (Å²) < 4.78 is 0. The van der Waals surface area contributed by atoms with Crippen LogP contribution in [0, 0.1) is 6.92 Å². The van der Waals surface area contributed by atoms with E-state index in [9.17, 15) is 9.59 Å². The lowest BCUT2D eigenvalue weighted by Gasteiger charge is -2.33. The largest absolute Gasteiger partial charge is 0.354 e. The first-order valence-electron chi connectivity index (χ1n) is 8.89. The fraction of sp³-hybridized carbons (Fsp3) is 0.368. The van der Waals surface area contributed by atoms with Gasteiger partial charge in [-0.15, -0.1) is 0 Å². The quantitative estimate of drug-likeness (QED) is 0.854. The maximum Gasteiger partial charge on any atom is 0.274 e. The third-order valence-electron chi connectivity index (χ3n) is 4.35. The van der Waals surface area contributed by atoms with E-state index in [-0.39, 0.29) is 11.8 Å². The lowest BCUT2D eigenvalue weighted by atomic mass is 10.2. The molecule has 1 aromatic carbocycles. The van der Waals surface area contributed by atoms with Crippen molar-refractivity contribution in [3.8, 4) is 0 Å². The van der Waals surface area contributed by atoms with Crippen molar-refractivity contribution in [1.82, 2.24) is 14.9 Å². The van der Waals surface area contributed by atoms with Crippen LogP contribution in [0.4, 0.5) is 17.2 Å².